The smallest absolute Gasteiger partial charge is 0.103 e. The molecule has 3 aromatic rings. The molecule has 20 heavy (non-hydrogen) atoms. The Morgan fingerprint density at radius 1 is 1.00 bits per heavy atom. The zero-order chi connectivity index (χ0) is 13.9. The fourth-order valence-corrected chi connectivity index (χ4v) is 3.06. The van der Waals surface area contributed by atoms with Gasteiger partial charge in [0.25, 0.3) is 0 Å². The molecule has 0 saturated carbocycles. The molecule has 0 N–H and O–H groups in total. The lowest BCUT2D eigenvalue weighted by molar-refractivity contribution is 1.46. The second-order valence-corrected chi connectivity index (χ2v) is 5.43. The monoisotopic (exact) mass is 296 g/mol. The van der Waals surface area contributed by atoms with E-state index in [1.165, 1.54) is 11.5 Å². The predicted octanol–water partition coefficient (Wildman–Crippen LogP) is 5.00. The van der Waals surface area contributed by atoms with Gasteiger partial charge in [0.2, 0.25) is 0 Å². The average molecular weight is 297 g/mol. The van der Waals surface area contributed by atoms with Crippen molar-refractivity contribution in [3.05, 3.63) is 65.2 Å². The van der Waals surface area contributed by atoms with Gasteiger partial charge >= 0.3 is 0 Å². The third kappa shape index (κ3) is 2.32. The van der Waals surface area contributed by atoms with E-state index in [0.29, 0.717) is 16.3 Å². The maximum Gasteiger partial charge on any atom is 0.103 e. The first-order valence-electron chi connectivity index (χ1n) is 6.00. The molecule has 0 atom stereocenters. The minimum Gasteiger partial charge on any atom is -0.192 e. The Labute approximate surface area is 126 Å². The van der Waals surface area contributed by atoms with Crippen LogP contribution in [0, 0.1) is 11.3 Å². The maximum atomic E-state index is 9.46. The summed E-state index contributed by atoms with van der Waals surface area (Å²) in [5.74, 6) is 0. The Kier molecular flexibility index (Phi) is 3.51. The molecule has 1 heterocycles. The standard InChI is InChI=1S/C16H9ClN2S/c17-13-8-4-7-12(9-13)15-14(10-18)16(20-19-15)11-5-2-1-3-6-11/h1-9H. The van der Waals surface area contributed by atoms with Crippen molar-refractivity contribution in [2.75, 3.05) is 0 Å². The van der Waals surface area contributed by atoms with Crippen molar-refractivity contribution in [3.63, 3.8) is 0 Å². The van der Waals surface area contributed by atoms with Crippen LogP contribution < -0.4 is 0 Å². The molecular weight excluding hydrogens is 288 g/mol. The molecule has 3 rings (SSSR count). The van der Waals surface area contributed by atoms with Crippen LogP contribution in [0.25, 0.3) is 21.7 Å². The molecule has 0 aliphatic rings. The summed E-state index contributed by atoms with van der Waals surface area (Å²) in [4.78, 5) is 0.892. The third-order valence-electron chi connectivity index (χ3n) is 2.94. The lowest BCUT2D eigenvalue weighted by atomic mass is 10.0. The number of aromatic nitrogens is 1. The van der Waals surface area contributed by atoms with Crippen LogP contribution in [0.4, 0.5) is 0 Å². The molecule has 2 aromatic carbocycles. The molecule has 0 bridgehead atoms. The number of halogens is 1. The molecule has 0 saturated heterocycles. The van der Waals surface area contributed by atoms with Crippen molar-refractivity contribution < 1.29 is 0 Å². The Balaban J connectivity index is 2.16. The number of benzene rings is 2. The van der Waals surface area contributed by atoms with E-state index in [9.17, 15) is 5.26 Å². The van der Waals surface area contributed by atoms with E-state index in [1.54, 1.807) is 0 Å². The minimum absolute atomic E-state index is 0.600. The highest BCUT2D eigenvalue weighted by Crippen LogP contribution is 2.35. The quantitative estimate of drug-likeness (QED) is 0.667. The Morgan fingerprint density at radius 2 is 1.75 bits per heavy atom. The van der Waals surface area contributed by atoms with Gasteiger partial charge < -0.3 is 0 Å². The lowest BCUT2D eigenvalue weighted by Gasteiger charge is -2.00. The predicted molar refractivity (Wildman–Crippen MR) is 82.7 cm³/mol. The van der Waals surface area contributed by atoms with E-state index in [4.69, 9.17) is 11.6 Å². The number of rotatable bonds is 2. The van der Waals surface area contributed by atoms with E-state index < -0.39 is 0 Å². The molecule has 1 aromatic heterocycles. The van der Waals surface area contributed by atoms with E-state index in [2.05, 4.69) is 10.4 Å². The summed E-state index contributed by atoms with van der Waals surface area (Å²) in [6.07, 6.45) is 0. The summed E-state index contributed by atoms with van der Waals surface area (Å²) in [5.41, 5.74) is 3.17. The molecular formula is C16H9ClN2S. The summed E-state index contributed by atoms with van der Waals surface area (Å²) >= 11 is 7.35. The van der Waals surface area contributed by atoms with Gasteiger partial charge in [-0.3, -0.25) is 0 Å². The van der Waals surface area contributed by atoms with Gasteiger partial charge in [0.05, 0.1) is 10.4 Å². The van der Waals surface area contributed by atoms with Crippen LogP contribution in [0.3, 0.4) is 0 Å². The molecule has 4 heteroatoms. The van der Waals surface area contributed by atoms with Crippen LogP contribution >= 0.6 is 23.1 Å². The second kappa shape index (κ2) is 5.46. The summed E-state index contributed by atoms with van der Waals surface area (Å²) in [6, 6.07) is 19.5. The van der Waals surface area contributed by atoms with Gasteiger partial charge in [-0.2, -0.15) is 9.64 Å². The number of nitrogens with zero attached hydrogens (tertiary/aromatic N) is 2. The lowest BCUT2D eigenvalue weighted by Crippen LogP contribution is -1.83. The van der Waals surface area contributed by atoms with Crippen molar-refractivity contribution in [2.24, 2.45) is 0 Å². The molecule has 0 radical (unpaired) electrons. The highest BCUT2D eigenvalue weighted by atomic mass is 35.5. The van der Waals surface area contributed by atoms with Crippen molar-refractivity contribution >= 4 is 23.1 Å². The first-order chi connectivity index (χ1) is 9.79. The van der Waals surface area contributed by atoms with Crippen LogP contribution in [0.1, 0.15) is 5.56 Å². The number of hydrogen-bond donors (Lipinski definition) is 0. The van der Waals surface area contributed by atoms with Gasteiger partial charge in [-0.05, 0) is 29.2 Å². The van der Waals surface area contributed by atoms with Gasteiger partial charge in [0.15, 0.2) is 0 Å². The van der Waals surface area contributed by atoms with Crippen LogP contribution in [-0.2, 0) is 0 Å². The molecule has 96 valence electrons. The minimum atomic E-state index is 0.600. The summed E-state index contributed by atoms with van der Waals surface area (Å²) < 4.78 is 4.44. The molecule has 0 aliphatic carbocycles. The van der Waals surface area contributed by atoms with Gasteiger partial charge in [0.1, 0.15) is 11.8 Å². The Bertz CT molecular complexity index is 788. The maximum absolute atomic E-state index is 9.46. The fraction of sp³-hybridized carbons (Fsp3) is 0. The second-order valence-electron chi connectivity index (χ2n) is 4.22. The first kappa shape index (κ1) is 12.9. The van der Waals surface area contributed by atoms with Crippen molar-refractivity contribution in [2.45, 2.75) is 0 Å². The van der Waals surface area contributed by atoms with Crippen LogP contribution in [0.2, 0.25) is 5.02 Å². The highest BCUT2D eigenvalue weighted by Gasteiger charge is 2.16. The van der Waals surface area contributed by atoms with Crippen LogP contribution in [-0.4, -0.2) is 4.37 Å². The molecule has 2 nitrogen and oxygen atoms in total. The van der Waals surface area contributed by atoms with Gasteiger partial charge in [0, 0.05) is 10.6 Å². The molecule has 0 spiro atoms. The Morgan fingerprint density at radius 3 is 2.45 bits per heavy atom. The van der Waals surface area contributed by atoms with Crippen molar-refractivity contribution in [1.29, 1.82) is 5.26 Å². The van der Waals surface area contributed by atoms with E-state index in [-0.39, 0.29) is 0 Å². The topological polar surface area (TPSA) is 36.7 Å². The SMILES string of the molecule is N#Cc1c(-c2cccc(Cl)c2)nsc1-c1ccccc1. The van der Waals surface area contributed by atoms with Crippen LogP contribution in [0.5, 0.6) is 0 Å². The largest absolute Gasteiger partial charge is 0.192 e. The number of nitriles is 1. The normalized spacial score (nSPS) is 10.2. The van der Waals surface area contributed by atoms with Gasteiger partial charge in [-0.15, -0.1) is 0 Å². The summed E-state index contributed by atoms with van der Waals surface area (Å²) in [6.45, 7) is 0. The Hall–Kier alpha value is -2.15. The zero-order valence-electron chi connectivity index (χ0n) is 10.4. The van der Waals surface area contributed by atoms with Gasteiger partial charge in [-0.1, -0.05) is 54.1 Å². The summed E-state index contributed by atoms with van der Waals surface area (Å²) in [5, 5.41) is 10.1. The molecule has 0 unspecified atom stereocenters. The van der Waals surface area contributed by atoms with Crippen LogP contribution in [0.15, 0.2) is 54.6 Å². The first-order valence-corrected chi connectivity index (χ1v) is 7.16. The highest BCUT2D eigenvalue weighted by molar-refractivity contribution is 7.10. The summed E-state index contributed by atoms with van der Waals surface area (Å²) in [7, 11) is 0. The third-order valence-corrected chi connectivity index (χ3v) is 4.07. The zero-order valence-corrected chi connectivity index (χ0v) is 11.9. The van der Waals surface area contributed by atoms with E-state index in [0.717, 1.165) is 16.0 Å². The van der Waals surface area contributed by atoms with E-state index in [1.807, 2.05) is 54.6 Å². The molecule has 0 aliphatic heterocycles. The van der Waals surface area contributed by atoms with Gasteiger partial charge in [-0.25, -0.2) is 0 Å². The molecule has 0 fully saturated rings. The number of hydrogen-bond acceptors (Lipinski definition) is 3. The average Bonchev–Trinajstić information content (AvgIpc) is 2.92. The molecule has 0 amide bonds. The van der Waals surface area contributed by atoms with E-state index >= 15 is 0 Å². The van der Waals surface area contributed by atoms with Crippen molar-refractivity contribution in [1.82, 2.24) is 4.37 Å². The van der Waals surface area contributed by atoms with Crippen molar-refractivity contribution in [3.8, 4) is 27.8 Å². The fourth-order valence-electron chi connectivity index (χ4n) is 2.01.